The molecule has 1 amide bonds. The molecule has 0 spiro atoms. The number of aromatic nitrogens is 2. The summed E-state index contributed by atoms with van der Waals surface area (Å²) in [5.41, 5.74) is 0.0747. The molecule has 0 unspecified atom stereocenters. The smallest absolute Gasteiger partial charge is 0.378 e. The van der Waals surface area contributed by atoms with Gasteiger partial charge in [0.1, 0.15) is 5.15 Å². The summed E-state index contributed by atoms with van der Waals surface area (Å²) in [5.74, 6) is -0.642. The molecule has 0 saturated carbocycles. The number of thiophene rings is 1. The van der Waals surface area contributed by atoms with Gasteiger partial charge in [-0.05, 0) is 40.8 Å². The molecule has 5 nitrogen and oxygen atoms in total. The lowest BCUT2D eigenvalue weighted by atomic mass is 10.0. The van der Waals surface area contributed by atoms with Crippen molar-refractivity contribution >= 4 is 40.2 Å². The van der Waals surface area contributed by atoms with E-state index in [1.165, 1.54) is 17.5 Å². The summed E-state index contributed by atoms with van der Waals surface area (Å²) in [6.45, 7) is 0.232. The van der Waals surface area contributed by atoms with E-state index in [4.69, 9.17) is 11.6 Å². The minimum atomic E-state index is -4.68. The first kappa shape index (κ1) is 22.2. The molecule has 0 saturated heterocycles. The van der Waals surface area contributed by atoms with Crippen molar-refractivity contribution in [2.75, 3.05) is 19.0 Å². The van der Waals surface area contributed by atoms with Crippen molar-refractivity contribution in [1.82, 2.24) is 14.7 Å². The molecule has 0 bridgehead atoms. The number of carbonyl (C=O) groups excluding carboxylic acids is 1. The minimum Gasteiger partial charge on any atom is -0.378 e. The lowest BCUT2D eigenvalue weighted by Crippen LogP contribution is -2.23. The summed E-state index contributed by atoms with van der Waals surface area (Å²) in [4.78, 5) is 19.3. The van der Waals surface area contributed by atoms with Crippen LogP contribution >= 0.6 is 22.9 Å². The van der Waals surface area contributed by atoms with Crippen LogP contribution in [0.25, 0.3) is 16.8 Å². The maximum absolute atomic E-state index is 13.9. The lowest BCUT2D eigenvalue weighted by molar-refractivity contribution is -0.136. The van der Waals surface area contributed by atoms with Gasteiger partial charge in [0.05, 0.1) is 12.1 Å². The van der Waals surface area contributed by atoms with Crippen LogP contribution in [0.3, 0.4) is 0 Å². The summed E-state index contributed by atoms with van der Waals surface area (Å²) in [7, 11) is 3.69. The number of halogens is 4. The highest BCUT2D eigenvalue weighted by Crippen LogP contribution is 2.37. The van der Waals surface area contributed by atoms with Crippen molar-refractivity contribution in [2.24, 2.45) is 0 Å². The fourth-order valence-corrected chi connectivity index (χ4v) is 4.16. The number of nitrogens with zero attached hydrogens (tertiary/aromatic N) is 3. The molecule has 32 heavy (non-hydrogen) atoms. The van der Waals surface area contributed by atoms with Gasteiger partial charge in [-0.2, -0.15) is 13.2 Å². The third-order valence-electron chi connectivity index (χ3n) is 4.88. The summed E-state index contributed by atoms with van der Waals surface area (Å²) in [6, 6.07) is 11.8. The standard InChI is InChI=1S/C22H18ClF3N4OS/c1-29(2)15-6-3-5-13(9-15)14-10-17(22(24,25)26)20-28-18(19(23)30(20)12-14)21(31)27-11-16-7-4-8-32-16/h3-10,12H,11H2,1-2H3,(H,27,31). The minimum absolute atomic E-state index is 0.181. The van der Waals surface area contributed by atoms with Crippen LogP contribution in [-0.2, 0) is 12.7 Å². The number of anilines is 1. The second-order valence-electron chi connectivity index (χ2n) is 7.29. The van der Waals surface area contributed by atoms with Gasteiger partial charge in [0.2, 0.25) is 0 Å². The Morgan fingerprint density at radius 1 is 1.19 bits per heavy atom. The normalized spacial score (nSPS) is 11.7. The number of nitrogens with one attached hydrogen (secondary N) is 1. The van der Waals surface area contributed by atoms with E-state index in [0.29, 0.717) is 11.1 Å². The molecule has 3 heterocycles. The summed E-state index contributed by atoms with van der Waals surface area (Å²) < 4.78 is 42.8. The van der Waals surface area contributed by atoms with E-state index in [0.717, 1.165) is 21.0 Å². The van der Waals surface area contributed by atoms with Gasteiger partial charge < -0.3 is 10.2 Å². The molecular formula is C22H18ClF3N4OS. The molecule has 0 aliphatic rings. The van der Waals surface area contributed by atoms with Gasteiger partial charge in [-0.15, -0.1) is 11.3 Å². The molecule has 0 fully saturated rings. The zero-order chi connectivity index (χ0) is 23.0. The number of benzene rings is 1. The summed E-state index contributed by atoms with van der Waals surface area (Å²) in [6.07, 6.45) is -3.22. The average Bonchev–Trinajstić information content (AvgIpc) is 3.39. The number of fused-ring (bicyclic) bond motifs is 1. The first-order chi connectivity index (χ1) is 15.1. The largest absolute Gasteiger partial charge is 0.420 e. The molecule has 0 aliphatic carbocycles. The Morgan fingerprint density at radius 3 is 2.62 bits per heavy atom. The van der Waals surface area contributed by atoms with Crippen LogP contribution in [0.2, 0.25) is 5.15 Å². The van der Waals surface area contributed by atoms with Gasteiger partial charge in [0.25, 0.3) is 5.91 Å². The van der Waals surface area contributed by atoms with Gasteiger partial charge in [0.15, 0.2) is 11.3 Å². The van der Waals surface area contributed by atoms with E-state index < -0.39 is 23.3 Å². The second-order valence-corrected chi connectivity index (χ2v) is 8.68. The molecule has 0 radical (unpaired) electrons. The molecule has 0 aliphatic heterocycles. The van der Waals surface area contributed by atoms with Crippen molar-refractivity contribution in [2.45, 2.75) is 12.7 Å². The fraction of sp³-hybridized carbons (Fsp3) is 0.182. The fourth-order valence-electron chi connectivity index (χ4n) is 3.26. The quantitative estimate of drug-likeness (QED) is 0.398. The highest BCUT2D eigenvalue weighted by Gasteiger charge is 2.36. The lowest BCUT2D eigenvalue weighted by Gasteiger charge is -2.15. The number of carbonyl (C=O) groups is 1. The maximum atomic E-state index is 13.9. The molecule has 166 valence electrons. The third kappa shape index (κ3) is 4.31. The Balaban J connectivity index is 1.81. The van der Waals surface area contributed by atoms with Crippen molar-refractivity contribution in [3.05, 3.63) is 75.3 Å². The molecular weight excluding hydrogens is 461 g/mol. The first-order valence-corrected chi connectivity index (χ1v) is 10.8. The number of hydrogen-bond donors (Lipinski definition) is 1. The third-order valence-corrected chi connectivity index (χ3v) is 6.12. The predicted molar refractivity (Wildman–Crippen MR) is 120 cm³/mol. The molecule has 1 N–H and O–H groups in total. The van der Waals surface area contributed by atoms with E-state index in [-0.39, 0.29) is 17.4 Å². The molecule has 4 aromatic rings. The van der Waals surface area contributed by atoms with E-state index in [1.54, 1.807) is 18.2 Å². The SMILES string of the molecule is CN(C)c1cccc(-c2cc(C(F)(F)F)c3nc(C(=O)NCc4cccs4)c(Cl)n3c2)c1. The van der Waals surface area contributed by atoms with Gasteiger partial charge >= 0.3 is 6.18 Å². The maximum Gasteiger partial charge on any atom is 0.420 e. The van der Waals surface area contributed by atoms with Crippen LogP contribution in [0.4, 0.5) is 18.9 Å². The van der Waals surface area contributed by atoms with Crippen molar-refractivity contribution in [1.29, 1.82) is 0 Å². The number of imidazole rings is 1. The van der Waals surface area contributed by atoms with Gasteiger partial charge in [-0.3, -0.25) is 9.20 Å². The first-order valence-electron chi connectivity index (χ1n) is 9.52. The Labute approximate surface area is 191 Å². The molecule has 3 aromatic heterocycles. The van der Waals surface area contributed by atoms with E-state index in [2.05, 4.69) is 10.3 Å². The summed E-state index contributed by atoms with van der Waals surface area (Å²) in [5, 5.41) is 4.33. The molecule has 1 aromatic carbocycles. The topological polar surface area (TPSA) is 49.6 Å². The number of amides is 1. The van der Waals surface area contributed by atoms with E-state index in [9.17, 15) is 18.0 Å². The van der Waals surface area contributed by atoms with Gasteiger partial charge in [-0.1, -0.05) is 29.8 Å². The molecule has 4 rings (SSSR count). The van der Waals surface area contributed by atoms with Crippen LogP contribution in [0.5, 0.6) is 0 Å². The van der Waals surface area contributed by atoms with Crippen molar-refractivity contribution in [3.8, 4) is 11.1 Å². The molecule has 10 heteroatoms. The Hall–Kier alpha value is -3.04. The van der Waals surface area contributed by atoms with Gasteiger partial charge in [0, 0.05) is 30.9 Å². The van der Waals surface area contributed by atoms with Crippen LogP contribution in [0, 0.1) is 0 Å². The second kappa shape index (κ2) is 8.48. The number of hydrogen-bond acceptors (Lipinski definition) is 4. The average molecular weight is 479 g/mol. The van der Waals surface area contributed by atoms with E-state index >= 15 is 0 Å². The highest BCUT2D eigenvalue weighted by molar-refractivity contribution is 7.09. The highest BCUT2D eigenvalue weighted by atomic mass is 35.5. The predicted octanol–water partition coefficient (Wildman–Crippen LogP) is 5.73. The summed E-state index contributed by atoms with van der Waals surface area (Å²) >= 11 is 7.79. The Kier molecular flexibility index (Phi) is 5.87. The van der Waals surface area contributed by atoms with Gasteiger partial charge in [-0.25, -0.2) is 4.98 Å². The van der Waals surface area contributed by atoms with Crippen LogP contribution in [0.15, 0.2) is 54.0 Å². The van der Waals surface area contributed by atoms with Crippen LogP contribution < -0.4 is 10.2 Å². The van der Waals surface area contributed by atoms with Crippen molar-refractivity contribution in [3.63, 3.8) is 0 Å². The molecule has 0 atom stereocenters. The van der Waals surface area contributed by atoms with Crippen LogP contribution in [0.1, 0.15) is 20.9 Å². The number of alkyl halides is 3. The van der Waals surface area contributed by atoms with E-state index in [1.807, 2.05) is 42.6 Å². The number of rotatable bonds is 5. The van der Waals surface area contributed by atoms with Crippen molar-refractivity contribution < 1.29 is 18.0 Å². The monoisotopic (exact) mass is 478 g/mol. The Morgan fingerprint density at radius 2 is 1.97 bits per heavy atom. The zero-order valence-electron chi connectivity index (χ0n) is 17.1. The number of pyridine rings is 1. The Bertz CT molecular complexity index is 1280. The zero-order valence-corrected chi connectivity index (χ0v) is 18.6. The van der Waals surface area contributed by atoms with Crippen LogP contribution in [-0.4, -0.2) is 29.4 Å².